The fraction of sp³-hybridized carbons (Fsp3) is 0.333. The van der Waals surface area contributed by atoms with Crippen molar-refractivity contribution in [3.63, 3.8) is 0 Å². The van der Waals surface area contributed by atoms with Gasteiger partial charge < -0.3 is 5.32 Å². The monoisotopic (exact) mass is 314 g/mol. The maximum absolute atomic E-state index is 12.6. The molecule has 0 saturated heterocycles. The van der Waals surface area contributed by atoms with Crippen LogP contribution in [-0.4, -0.2) is 17.1 Å². The highest BCUT2D eigenvalue weighted by molar-refractivity contribution is 7.98. The summed E-state index contributed by atoms with van der Waals surface area (Å²) in [5.74, 6) is 0.436. The van der Waals surface area contributed by atoms with E-state index in [4.69, 9.17) is 0 Å². The van der Waals surface area contributed by atoms with Crippen LogP contribution in [0.4, 0.5) is 0 Å². The van der Waals surface area contributed by atoms with E-state index in [2.05, 4.69) is 36.3 Å². The largest absolute Gasteiger partial charge is 0.345 e. The minimum Gasteiger partial charge on any atom is -0.345 e. The Hall–Kier alpha value is -1.81. The second-order valence-corrected chi connectivity index (χ2v) is 6.42. The van der Waals surface area contributed by atoms with E-state index in [1.165, 1.54) is 11.8 Å². The smallest absolute Gasteiger partial charge is 0.254 e. The molecule has 1 atom stereocenters. The van der Waals surface area contributed by atoms with Gasteiger partial charge in [-0.3, -0.25) is 4.79 Å². The second kappa shape index (κ2) is 7.99. The quantitative estimate of drug-likeness (QED) is 0.807. The van der Waals surface area contributed by atoms with Crippen molar-refractivity contribution in [3.05, 3.63) is 59.8 Å². The summed E-state index contributed by atoms with van der Waals surface area (Å²) in [5.41, 5.74) is 1.78. The molecule has 0 fully saturated rings. The molecule has 0 aliphatic heterocycles. The van der Waals surface area contributed by atoms with Gasteiger partial charge in [0.05, 0.1) is 11.6 Å². The molecule has 4 heteroatoms. The zero-order chi connectivity index (χ0) is 15.9. The highest BCUT2D eigenvalue weighted by Crippen LogP contribution is 2.23. The number of thioether (sulfide) groups is 1. The summed E-state index contributed by atoms with van der Waals surface area (Å²) in [4.78, 5) is 16.9. The lowest BCUT2D eigenvalue weighted by Crippen LogP contribution is -2.30. The van der Waals surface area contributed by atoms with Crippen molar-refractivity contribution in [3.8, 4) is 0 Å². The average molecular weight is 314 g/mol. The molecule has 0 aliphatic carbocycles. The van der Waals surface area contributed by atoms with E-state index in [1.807, 2.05) is 30.5 Å². The van der Waals surface area contributed by atoms with Crippen LogP contribution in [0.3, 0.4) is 0 Å². The first kappa shape index (κ1) is 16.6. The Balaban J connectivity index is 2.21. The van der Waals surface area contributed by atoms with Gasteiger partial charge in [0.25, 0.3) is 5.91 Å². The van der Waals surface area contributed by atoms with Gasteiger partial charge in [0.15, 0.2) is 0 Å². The van der Waals surface area contributed by atoms with Crippen molar-refractivity contribution >= 4 is 17.7 Å². The van der Waals surface area contributed by atoms with Gasteiger partial charge in [-0.2, -0.15) is 0 Å². The lowest BCUT2D eigenvalue weighted by Gasteiger charge is -2.21. The SMILES string of the molecule is CSc1ncccc1C(=O)NC(CC(C)C)c1ccccc1. The Labute approximate surface area is 136 Å². The van der Waals surface area contributed by atoms with Crippen molar-refractivity contribution in [1.82, 2.24) is 10.3 Å². The lowest BCUT2D eigenvalue weighted by molar-refractivity contribution is 0.0928. The number of carbonyl (C=O) groups is 1. The van der Waals surface area contributed by atoms with Gasteiger partial charge in [-0.15, -0.1) is 11.8 Å². The van der Waals surface area contributed by atoms with Crippen molar-refractivity contribution in [2.75, 3.05) is 6.26 Å². The predicted molar refractivity (Wildman–Crippen MR) is 92.1 cm³/mol. The summed E-state index contributed by atoms with van der Waals surface area (Å²) in [7, 11) is 0. The third-order valence-electron chi connectivity index (χ3n) is 3.42. The topological polar surface area (TPSA) is 42.0 Å². The van der Waals surface area contributed by atoms with E-state index in [0.29, 0.717) is 11.5 Å². The minimum absolute atomic E-state index is 0.0172. The van der Waals surface area contributed by atoms with Gasteiger partial charge in [0.2, 0.25) is 0 Å². The standard InChI is InChI=1S/C18H22N2OS/c1-13(2)12-16(14-8-5-4-6-9-14)20-17(21)15-10-7-11-19-18(15)22-3/h4-11,13,16H,12H2,1-3H3,(H,20,21). The van der Waals surface area contributed by atoms with Crippen LogP contribution >= 0.6 is 11.8 Å². The molecular formula is C18H22N2OS. The molecule has 1 heterocycles. The zero-order valence-corrected chi connectivity index (χ0v) is 14.1. The van der Waals surface area contributed by atoms with Gasteiger partial charge in [-0.05, 0) is 36.3 Å². The van der Waals surface area contributed by atoms with Gasteiger partial charge in [-0.1, -0.05) is 44.2 Å². The first-order valence-electron chi connectivity index (χ1n) is 7.46. The molecule has 0 bridgehead atoms. The van der Waals surface area contributed by atoms with E-state index in [1.54, 1.807) is 12.3 Å². The van der Waals surface area contributed by atoms with Gasteiger partial charge >= 0.3 is 0 Å². The summed E-state index contributed by atoms with van der Waals surface area (Å²) >= 11 is 1.49. The third kappa shape index (κ3) is 4.34. The number of carbonyl (C=O) groups excluding carboxylic acids is 1. The number of rotatable bonds is 6. The molecule has 1 aromatic carbocycles. The Bertz CT molecular complexity index is 613. The van der Waals surface area contributed by atoms with Crippen LogP contribution < -0.4 is 5.32 Å². The lowest BCUT2D eigenvalue weighted by atomic mass is 9.97. The first-order chi connectivity index (χ1) is 10.6. The Kier molecular flexibility index (Phi) is 6.01. The van der Waals surface area contributed by atoms with Gasteiger partial charge in [-0.25, -0.2) is 4.98 Å². The van der Waals surface area contributed by atoms with E-state index in [-0.39, 0.29) is 11.9 Å². The average Bonchev–Trinajstić information content (AvgIpc) is 2.54. The number of benzene rings is 1. The van der Waals surface area contributed by atoms with Crippen LogP contribution in [0.1, 0.15) is 42.2 Å². The molecule has 1 unspecified atom stereocenters. The molecule has 116 valence electrons. The van der Waals surface area contributed by atoms with Crippen LogP contribution in [0.2, 0.25) is 0 Å². The van der Waals surface area contributed by atoms with Gasteiger partial charge in [0, 0.05) is 6.20 Å². The summed E-state index contributed by atoms with van der Waals surface area (Å²) in [5, 5.41) is 3.92. The van der Waals surface area contributed by atoms with Crippen LogP contribution in [0.15, 0.2) is 53.7 Å². The van der Waals surface area contributed by atoms with Crippen LogP contribution in [0.5, 0.6) is 0 Å². The number of amides is 1. The Morgan fingerprint density at radius 1 is 1.18 bits per heavy atom. The number of nitrogens with zero attached hydrogens (tertiary/aromatic N) is 1. The number of nitrogens with one attached hydrogen (secondary N) is 1. The number of aromatic nitrogens is 1. The predicted octanol–water partition coefficient (Wildman–Crippen LogP) is 4.32. The van der Waals surface area contributed by atoms with Crippen LogP contribution in [0.25, 0.3) is 0 Å². The van der Waals surface area contributed by atoms with Crippen molar-refractivity contribution in [2.45, 2.75) is 31.3 Å². The fourth-order valence-corrected chi connectivity index (χ4v) is 2.94. The fourth-order valence-electron chi connectivity index (χ4n) is 2.40. The van der Waals surface area contributed by atoms with Crippen LogP contribution in [0, 0.1) is 5.92 Å². The highest BCUT2D eigenvalue weighted by atomic mass is 32.2. The van der Waals surface area contributed by atoms with E-state index in [9.17, 15) is 4.79 Å². The van der Waals surface area contributed by atoms with E-state index >= 15 is 0 Å². The molecule has 0 radical (unpaired) electrons. The number of pyridine rings is 1. The molecule has 0 spiro atoms. The summed E-state index contributed by atoms with van der Waals surface area (Å²) < 4.78 is 0. The molecule has 2 aromatic rings. The third-order valence-corrected chi connectivity index (χ3v) is 4.14. The van der Waals surface area contributed by atoms with Crippen molar-refractivity contribution in [1.29, 1.82) is 0 Å². The molecular weight excluding hydrogens is 292 g/mol. The summed E-state index contributed by atoms with van der Waals surface area (Å²) in [6.45, 7) is 4.33. The molecule has 1 aromatic heterocycles. The summed E-state index contributed by atoms with van der Waals surface area (Å²) in [6, 6.07) is 13.8. The molecule has 0 aliphatic rings. The summed E-state index contributed by atoms with van der Waals surface area (Å²) in [6.07, 6.45) is 4.55. The molecule has 0 saturated carbocycles. The Morgan fingerprint density at radius 3 is 2.55 bits per heavy atom. The van der Waals surface area contributed by atoms with Crippen LogP contribution in [-0.2, 0) is 0 Å². The Morgan fingerprint density at radius 2 is 1.91 bits per heavy atom. The molecule has 22 heavy (non-hydrogen) atoms. The minimum atomic E-state index is -0.0630. The number of hydrogen-bond acceptors (Lipinski definition) is 3. The maximum atomic E-state index is 12.6. The molecule has 3 nitrogen and oxygen atoms in total. The normalized spacial score (nSPS) is 12.2. The maximum Gasteiger partial charge on any atom is 0.254 e. The van der Waals surface area contributed by atoms with Crippen molar-refractivity contribution in [2.24, 2.45) is 5.92 Å². The van der Waals surface area contributed by atoms with Crippen molar-refractivity contribution < 1.29 is 4.79 Å². The first-order valence-corrected chi connectivity index (χ1v) is 8.69. The number of hydrogen-bond donors (Lipinski definition) is 1. The van der Waals surface area contributed by atoms with Gasteiger partial charge in [0.1, 0.15) is 5.03 Å². The van der Waals surface area contributed by atoms with E-state index in [0.717, 1.165) is 17.0 Å². The van der Waals surface area contributed by atoms with E-state index < -0.39 is 0 Å². The molecule has 1 amide bonds. The molecule has 1 N–H and O–H groups in total. The second-order valence-electron chi connectivity index (χ2n) is 5.63. The highest BCUT2D eigenvalue weighted by Gasteiger charge is 2.19. The zero-order valence-electron chi connectivity index (χ0n) is 13.2. The molecule has 2 rings (SSSR count).